The number of aromatic hydroxyl groups is 1. The Morgan fingerprint density at radius 3 is 2.38 bits per heavy atom. The van der Waals surface area contributed by atoms with Crippen molar-refractivity contribution in [2.24, 2.45) is 0 Å². The first-order valence-electron chi connectivity index (χ1n) is 13.9. The van der Waals surface area contributed by atoms with Crippen LogP contribution in [0.1, 0.15) is 110 Å². The Labute approximate surface area is 222 Å². The maximum atomic E-state index is 13.8. The summed E-state index contributed by atoms with van der Waals surface area (Å²) in [6.45, 7) is 9.39. The van der Waals surface area contributed by atoms with Crippen molar-refractivity contribution in [3.8, 4) is 5.75 Å². The van der Waals surface area contributed by atoms with Crippen molar-refractivity contribution in [3.05, 3.63) is 29.8 Å². The van der Waals surface area contributed by atoms with Crippen LogP contribution in [0.4, 0.5) is 4.79 Å². The van der Waals surface area contributed by atoms with Crippen molar-refractivity contribution in [3.63, 3.8) is 0 Å². The van der Waals surface area contributed by atoms with Crippen LogP contribution in [0.15, 0.2) is 24.3 Å². The molecule has 2 unspecified atom stereocenters. The van der Waals surface area contributed by atoms with Crippen molar-refractivity contribution < 1.29 is 24.2 Å². The van der Waals surface area contributed by atoms with Gasteiger partial charge in [0.1, 0.15) is 23.4 Å². The summed E-state index contributed by atoms with van der Waals surface area (Å²) in [6.07, 6.45) is 9.39. The fraction of sp³-hybridized carbons (Fsp3) is 0.690. The summed E-state index contributed by atoms with van der Waals surface area (Å²) in [5.74, 6) is -0.597. The molecular weight excluding hydrogens is 470 g/mol. The minimum Gasteiger partial charge on any atom is -0.508 e. The molecule has 1 fully saturated rings. The molecule has 37 heavy (non-hydrogen) atoms. The lowest BCUT2D eigenvalue weighted by molar-refractivity contribution is -0.142. The summed E-state index contributed by atoms with van der Waals surface area (Å²) in [6, 6.07) is 4.77. The fourth-order valence-corrected chi connectivity index (χ4v) is 4.74. The predicted octanol–water partition coefficient (Wildman–Crippen LogP) is 5.59. The van der Waals surface area contributed by atoms with E-state index in [2.05, 4.69) is 17.6 Å². The molecule has 0 saturated heterocycles. The third kappa shape index (κ3) is 10.6. The molecular formula is C29H47N3O5. The van der Waals surface area contributed by atoms with E-state index in [9.17, 15) is 19.5 Å². The van der Waals surface area contributed by atoms with E-state index in [0.717, 1.165) is 57.8 Å². The minimum absolute atomic E-state index is 0.0308. The minimum atomic E-state index is -0.921. The number of alkyl carbamates (subject to hydrolysis) is 1. The lowest BCUT2D eigenvalue weighted by Gasteiger charge is -2.35. The maximum Gasteiger partial charge on any atom is 0.408 e. The normalized spacial score (nSPS) is 15.9. The summed E-state index contributed by atoms with van der Waals surface area (Å²) in [4.78, 5) is 41.5. The summed E-state index contributed by atoms with van der Waals surface area (Å²) in [5, 5.41) is 16.0. The number of phenols is 1. The first-order chi connectivity index (χ1) is 17.5. The van der Waals surface area contributed by atoms with Crippen LogP contribution in [0.25, 0.3) is 0 Å². The van der Waals surface area contributed by atoms with E-state index in [1.165, 1.54) is 12.5 Å². The second-order valence-corrected chi connectivity index (χ2v) is 11.2. The summed E-state index contributed by atoms with van der Waals surface area (Å²) >= 11 is 0. The highest BCUT2D eigenvalue weighted by atomic mass is 16.6. The van der Waals surface area contributed by atoms with Gasteiger partial charge in [-0.15, -0.1) is 0 Å². The number of unbranched alkanes of at least 4 members (excludes halogenated alkanes) is 4. The molecule has 1 saturated carbocycles. The quantitative estimate of drug-likeness (QED) is 0.313. The van der Waals surface area contributed by atoms with Crippen LogP contribution in [0, 0.1) is 0 Å². The van der Waals surface area contributed by atoms with Crippen molar-refractivity contribution >= 4 is 17.9 Å². The van der Waals surface area contributed by atoms with Gasteiger partial charge < -0.3 is 25.4 Å². The average molecular weight is 518 g/mol. The number of amides is 3. The number of phenolic OH excluding ortho intramolecular Hbond substituents is 1. The Hall–Kier alpha value is -2.77. The first kappa shape index (κ1) is 30.5. The third-order valence-corrected chi connectivity index (χ3v) is 6.59. The van der Waals surface area contributed by atoms with Crippen LogP contribution in [-0.2, 0) is 14.3 Å². The monoisotopic (exact) mass is 517 g/mol. The van der Waals surface area contributed by atoms with E-state index >= 15 is 0 Å². The van der Waals surface area contributed by atoms with Gasteiger partial charge in [-0.05, 0) is 64.7 Å². The van der Waals surface area contributed by atoms with Gasteiger partial charge >= 0.3 is 6.09 Å². The second-order valence-electron chi connectivity index (χ2n) is 11.2. The van der Waals surface area contributed by atoms with Crippen molar-refractivity contribution in [2.75, 3.05) is 6.54 Å². The highest BCUT2D eigenvalue weighted by Gasteiger charge is 2.35. The van der Waals surface area contributed by atoms with E-state index in [-0.39, 0.29) is 23.6 Å². The third-order valence-electron chi connectivity index (χ3n) is 6.59. The molecule has 2 rings (SSSR count). The van der Waals surface area contributed by atoms with E-state index in [1.807, 2.05) is 0 Å². The van der Waals surface area contributed by atoms with Gasteiger partial charge in [-0.1, -0.05) is 64.0 Å². The zero-order valence-electron chi connectivity index (χ0n) is 23.3. The Kier molecular flexibility index (Phi) is 12.2. The standard InChI is InChI=1S/C29H47N3O5/c1-6-7-8-9-13-19-32(27(35)21(2)30-28(36)37-29(3,4)5)25(22-15-14-18-24(33)20-22)26(34)31-23-16-11-10-12-17-23/h14-15,18,20-21,23,25,33H,6-13,16-17,19H2,1-5H3,(H,30,36)(H,31,34). The molecule has 0 bridgehead atoms. The van der Waals surface area contributed by atoms with E-state index in [0.29, 0.717) is 12.1 Å². The van der Waals surface area contributed by atoms with Crippen molar-refractivity contribution in [1.29, 1.82) is 0 Å². The SMILES string of the molecule is CCCCCCCN(C(=O)C(C)NC(=O)OC(C)(C)C)C(C(=O)NC1CCCCC1)c1cccc(O)c1. The molecule has 1 aliphatic rings. The molecule has 208 valence electrons. The van der Waals surface area contributed by atoms with E-state index in [1.54, 1.807) is 50.8 Å². The number of carbonyl (C=O) groups excluding carboxylic acids is 3. The summed E-state index contributed by atoms with van der Waals surface area (Å²) < 4.78 is 5.34. The van der Waals surface area contributed by atoms with E-state index < -0.39 is 23.8 Å². The molecule has 0 spiro atoms. The van der Waals surface area contributed by atoms with Gasteiger partial charge in [-0.25, -0.2) is 4.79 Å². The van der Waals surface area contributed by atoms with E-state index in [4.69, 9.17) is 4.74 Å². The Bertz CT molecular complexity index is 877. The lowest BCUT2D eigenvalue weighted by atomic mass is 9.94. The molecule has 3 amide bonds. The molecule has 1 aliphatic carbocycles. The molecule has 2 atom stereocenters. The Morgan fingerprint density at radius 1 is 1.08 bits per heavy atom. The Balaban J connectivity index is 2.33. The number of rotatable bonds is 12. The average Bonchev–Trinajstić information content (AvgIpc) is 2.82. The molecule has 1 aromatic carbocycles. The van der Waals surface area contributed by atoms with Crippen molar-refractivity contribution in [2.45, 2.75) is 123 Å². The van der Waals surface area contributed by atoms with Gasteiger partial charge in [0.05, 0.1) is 0 Å². The number of carbonyl (C=O) groups is 3. The number of hydrogen-bond donors (Lipinski definition) is 3. The van der Waals surface area contributed by atoms with Gasteiger partial charge in [0.2, 0.25) is 11.8 Å². The van der Waals surface area contributed by atoms with Crippen LogP contribution in [0.3, 0.4) is 0 Å². The fourth-order valence-electron chi connectivity index (χ4n) is 4.74. The topological polar surface area (TPSA) is 108 Å². The largest absolute Gasteiger partial charge is 0.508 e. The van der Waals surface area contributed by atoms with Gasteiger partial charge in [0.15, 0.2) is 0 Å². The zero-order chi connectivity index (χ0) is 27.4. The first-order valence-corrected chi connectivity index (χ1v) is 13.9. The number of nitrogens with zero attached hydrogens (tertiary/aromatic N) is 1. The molecule has 0 radical (unpaired) electrons. The van der Waals surface area contributed by atoms with Crippen molar-refractivity contribution in [1.82, 2.24) is 15.5 Å². The highest BCUT2D eigenvalue weighted by molar-refractivity contribution is 5.92. The molecule has 0 aromatic heterocycles. The van der Waals surface area contributed by atoms with Crippen LogP contribution in [0.2, 0.25) is 0 Å². The van der Waals surface area contributed by atoms with Crippen LogP contribution in [-0.4, -0.2) is 52.1 Å². The molecule has 8 nitrogen and oxygen atoms in total. The predicted molar refractivity (Wildman–Crippen MR) is 145 cm³/mol. The zero-order valence-corrected chi connectivity index (χ0v) is 23.3. The van der Waals surface area contributed by atoms with Gasteiger partial charge in [0.25, 0.3) is 0 Å². The lowest BCUT2D eigenvalue weighted by Crippen LogP contribution is -2.53. The summed E-state index contributed by atoms with van der Waals surface area (Å²) in [5.41, 5.74) is -0.157. The van der Waals surface area contributed by atoms with Gasteiger partial charge in [-0.3, -0.25) is 9.59 Å². The second kappa shape index (κ2) is 14.8. The smallest absolute Gasteiger partial charge is 0.408 e. The highest BCUT2D eigenvalue weighted by Crippen LogP contribution is 2.27. The molecule has 8 heteroatoms. The molecule has 3 N–H and O–H groups in total. The summed E-state index contributed by atoms with van der Waals surface area (Å²) in [7, 11) is 0. The van der Waals surface area contributed by atoms with Crippen LogP contribution in [0.5, 0.6) is 5.75 Å². The van der Waals surface area contributed by atoms with Gasteiger partial charge in [0, 0.05) is 12.6 Å². The molecule has 1 aromatic rings. The molecule has 0 aliphatic heterocycles. The van der Waals surface area contributed by atoms with Crippen LogP contribution < -0.4 is 10.6 Å². The number of benzene rings is 1. The number of ether oxygens (including phenoxy) is 1. The van der Waals surface area contributed by atoms with Crippen LogP contribution >= 0.6 is 0 Å². The number of hydrogen-bond acceptors (Lipinski definition) is 5. The number of nitrogens with one attached hydrogen (secondary N) is 2. The Morgan fingerprint density at radius 2 is 1.76 bits per heavy atom. The molecule has 0 heterocycles. The van der Waals surface area contributed by atoms with Gasteiger partial charge in [-0.2, -0.15) is 0 Å². The maximum absolute atomic E-state index is 13.8.